The van der Waals surface area contributed by atoms with Crippen LogP contribution in [0.2, 0.25) is 0 Å². The van der Waals surface area contributed by atoms with Crippen LogP contribution >= 0.6 is 0 Å². The topological polar surface area (TPSA) is 114 Å². The fourth-order valence-electron chi connectivity index (χ4n) is 1.38. The van der Waals surface area contributed by atoms with E-state index < -0.39 is 22.0 Å². The Morgan fingerprint density at radius 1 is 1.14 bits per heavy atom. The zero-order chi connectivity index (χ0) is 15.9. The maximum Gasteiger partial charge on any atom is 0.325 e. The molecule has 0 atom stereocenters. The molecule has 0 bridgehead atoms. The summed E-state index contributed by atoms with van der Waals surface area (Å²) in [6.45, 7) is 1.69. The van der Waals surface area contributed by atoms with Crippen molar-refractivity contribution in [3.8, 4) is 0 Å². The summed E-state index contributed by atoms with van der Waals surface area (Å²) in [6.07, 6.45) is 1.04. The normalized spacial score (nSPS) is 10.6. The van der Waals surface area contributed by atoms with Gasteiger partial charge in [-0.25, -0.2) is 13.2 Å². The Labute approximate surface area is 122 Å². The molecule has 0 unspecified atom stereocenters. The first-order chi connectivity index (χ1) is 9.80. The van der Waals surface area contributed by atoms with Gasteiger partial charge in [0, 0.05) is 11.4 Å². The molecule has 0 spiro atoms. The van der Waals surface area contributed by atoms with E-state index in [2.05, 4.69) is 20.1 Å². The van der Waals surface area contributed by atoms with E-state index in [0.29, 0.717) is 11.4 Å². The third-order valence-corrected chi connectivity index (χ3v) is 2.75. The van der Waals surface area contributed by atoms with E-state index in [1.807, 2.05) is 0 Å². The Balaban J connectivity index is 2.48. The minimum absolute atomic E-state index is 0.229. The monoisotopic (exact) mass is 315 g/mol. The quantitative estimate of drug-likeness (QED) is 0.670. The van der Waals surface area contributed by atoms with Crippen LogP contribution in [0.3, 0.4) is 0 Å². The fraction of sp³-hybridized carbons (Fsp3) is 0.333. The van der Waals surface area contributed by atoms with Gasteiger partial charge in [0.1, 0.15) is 6.54 Å². The average Bonchev–Trinajstić information content (AvgIpc) is 2.37. The molecule has 8 nitrogen and oxygen atoms in total. The molecule has 0 aliphatic carbocycles. The maximum atomic E-state index is 11.5. The number of hydrogen-bond acceptors (Lipinski definition) is 5. The van der Waals surface area contributed by atoms with Gasteiger partial charge < -0.3 is 15.4 Å². The molecule has 0 saturated heterocycles. The van der Waals surface area contributed by atoms with Gasteiger partial charge in [-0.05, 0) is 31.2 Å². The molecule has 0 saturated carbocycles. The van der Waals surface area contributed by atoms with Crippen molar-refractivity contribution in [2.45, 2.75) is 6.92 Å². The number of hydrogen-bond donors (Lipinski definition) is 3. The number of carbonyl (C=O) groups is 2. The van der Waals surface area contributed by atoms with Gasteiger partial charge in [0.15, 0.2) is 0 Å². The zero-order valence-electron chi connectivity index (χ0n) is 11.7. The molecule has 1 aromatic rings. The molecule has 0 aromatic heterocycles. The summed E-state index contributed by atoms with van der Waals surface area (Å²) < 4.78 is 29.0. The van der Waals surface area contributed by atoms with Gasteiger partial charge in [-0.1, -0.05) is 0 Å². The number of amides is 2. The molecule has 0 radical (unpaired) electrons. The number of rotatable bonds is 6. The largest absolute Gasteiger partial charge is 0.465 e. The highest BCUT2D eigenvalue weighted by Gasteiger charge is 2.06. The molecule has 0 fully saturated rings. The molecule has 2 amide bonds. The lowest BCUT2D eigenvalue weighted by Gasteiger charge is -2.08. The van der Waals surface area contributed by atoms with Gasteiger partial charge in [0.05, 0.1) is 12.9 Å². The predicted molar refractivity (Wildman–Crippen MR) is 78.6 cm³/mol. The highest BCUT2D eigenvalue weighted by molar-refractivity contribution is 7.92. The van der Waals surface area contributed by atoms with Crippen molar-refractivity contribution in [3.63, 3.8) is 0 Å². The Hall–Kier alpha value is -2.29. The highest BCUT2D eigenvalue weighted by Crippen LogP contribution is 2.14. The van der Waals surface area contributed by atoms with Gasteiger partial charge in [0.25, 0.3) is 0 Å². The maximum absolute atomic E-state index is 11.5. The van der Waals surface area contributed by atoms with Crippen LogP contribution in [0.5, 0.6) is 0 Å². The summed E-state index contributed by atoms with van der Waals surface area (Å²) in [5.74, 6) is -0.527. The molecular weight excluding hydrogens is 298 g/mol. The molecule has 3 N–H and O–H groups in total. The second kappa shape index (κ2) is 7.48. The first kappa shape index (κ1) is 16.8. The lowest BCUT2D eigenvalue weighted by atomic mass is 10.3. The Morgan fingerprint density at radius 3 is 2.24 bits per heavy atom. The molecule has 116 valence electrons. The summed E-state index contributed by atoms with van der Waals surface area (Å²) in [7, 11) is -3.34. The van der Waals surface area contributed by atoms with Crippen LogP contribution in [-0.2, 0) is 19.6 Å². The smallest absolute Gasteiger partial charge is 0.325 e. The van der Waals surface area contributed by atoms with E-state index in [9.17, 15) is 18.0 Å². The van der Waals surface area contributed by atoms with Crippen LogP contribution in [0.15, 0.2) is 24.3 Å². The van der Waals surface area contributed by atoms with Gasteiger partial charge >= 0.3 is 12.0 Å². The van der Waals surface area contributed by atoms with Crippen molar-refractivity contribution in [2.75, 3.05) is 29.4 Å². The molecule has 1 rings (SSSR count). The third kappa shape index (κ3) is 7.16. The highest BCUT2D eigenvalue weighted by atomic mass is 32.2. The van der Waals surface area contributed by atoms with Crippen molar-refractivity contribution in [2.24, 2.45) is 0 Å². The van der Waals surface area contributed by atoms with Crippen LogP contribution in [0.4, 0.5) is 16.2 Å². The van der Waals surface area contributed by atoms with Gasteiger partial charge in [-0.15, -0.1) is 0 Å². The number of anilines is 2. The van der Waals surface area contributed by atoms with Gasteiger partial charge in [-0.2, -0.15) is 0 Å². The van der Waals surface area contributed by atoms with Crippen LogP contribution in [0.25, 0.3) is 0 Å². The van der Waals surface area contributed by atoms with E-state index in [1.165, 1.54) is 24.3 Å². The summed E-state index contributed by atoms with van der Waals surface area (Å²) in [5, 5.41) is 4.83. The lowest BCUT2D eigenvalue weighted by Crippen LogP contribution is -2.34. The second-order valence-corrected chi connectivity index (χ2v) is 5.81. The van der Waals surface area contributed by atoms with E-state index in [0.717, 1.165) is 6.26 Å². The van der Waals surface area contributed by atoms with Crippen molar-refractivity contribution in [3.05, 3.63) is 24.3 Å². The van der Waals surface area contributed by atoms with E-state index in [-0.39, 0.29) is 13.2 Å². The first-order valence-corrected chi connectivity index (χ1v) is 7.97. The SMILES string of the molecule is CCOC(=O)CNC(=O)Nc1ccc(NS(C)(=O)=O)cc1. The number of benzene rings is 1. The first-order valence-electron chi connectivity index (χ1n) is 6.08. The second-order valence-electron chi connectivity index (χ2n) is 4.06. The Morgan fingerprint density at radius 2 is 1.71 bits per heavy atom. The summed E-state index contributed by atoms with van der Waals surface area (Å²) >= 11 is 0. The number of ether oxygens (including phenoxy) is 1. The Bertz CT molecular complexity index is 598. The Kier molecular flexibility index (Phi) is 5.97. The summed E-state index contributed by atoms with van der Waals surface area (Å²) in [4.78, 5) is 22.5. The van der Waals surface area contributed by atoms with E-state index >= 15 is 0 Å². The van der Waals surface area contributed by atoms with Crippen molar-refractivity contribution >= 4 is 33.4 Å². The number of nitrogens with one attached hydrogen (secondary N) is 3. The number of esters is 1. The zero-order valence-corrected chi connectivity index (χ0v) is 12.5. The van der Waals surface area contributed by atoms with Crippen molar-refractivity contribution in [1.82, 2.24) is 5.32 Å². The van der Waals surface area contributed by atoms with Crippen LogP contribution < -0.4 is 15.4 Å². The average molecular weight is 315 g/mol. The van der Waals surface area contributed by atoms with Crippen LogP contribution in [0.1, 0.15) is 6.92 Å². The number of urea groups is 1. The molecule has 0 aliphatic rings. The summed E-state index contributed by atoms with van der Waals surface area (Å²) in [6, 6.07) is 5.49. The molecule has 0 heterocycles. The standard InChI is InChI=1S/C12H17N3O5S/c1-3-20-11(16)8-13-12(17)14-9-4-6-10(7-5-9)15-21(2,18)19/h4-7,15H,3,8H2,1-2H3,(H2,13,14,17). The lowest BCUT2D eigenvalue weighted by molar-refractivity contribution is -0.141. The minimum Gasteiger partial charge on any atom is -0.465 e. The molecule has 21 heavy (non-hydrogen) atoms. The molecular formula is C12H17N3O5S. The minimum atomic E-state index is -3.34. The van der Waals surface area contributed by atoms with Crippen LogP contribution in [-0.4, -0.2) is 39.8 Å². The van der Waals surface area contributed by atoms with E-state index in [1.54, 1.807) is 6.92 Å². The molecule has 0 aliphatic heterocycles. The number of carbonyl (C=O) groups excluding carboxylic acids is 2. The van der Waals surface area contributed by atoms with Crippen molar-refractivity contribution in [1.29, 1.82) is 0 Å². The summed E-state index contributed by atoms with van der Waals surface area (Å²) in [5.41, 5.74) is 0.838. The fourth-order valence-corrected chi connectivity index (χ4v) is 1.94. The van der Waals surface area contributed by atoms with Gasteiger partial charge in [0.2, 0.25) is 10.0 Å². The van der Waals surface area contributed by atoms with Crippen LogP contribution in [0, 0.1) is 0 Å². The van der Waals surface area contributed by atoms with E-state index in [4.69, 9.17) is 0 Å². The predicted octanol–water partition coefficient (Wildman–Crippen LogP) is 0.743. The van der Waals surface area contributed by atoms with Gasteiger partial charge in [-0.3, -0.25) is 9.52 Å². The molecule has 1 aromatic carbocycles. The molecule has 9 heteroatoms. The van der Waals surface area contributed by atoms with Crippen molar-refractivity contribution < 1.29 is 22.7 Å². The number of sulfonamides is 1. The third-order valence-electron chi connectivity index (χ3n) is 2.14.